The van der Waals surface area contributed by atoms with Crippen LogP contribution >= 0.6 is 23.2 Å². The van der Waals surface area contributed by atoms with Gasteiger partial charge in [-0.1, -0.05) is 41.4 Å². The summed E-state index contributed by atoms with van der Waals surface area (Å²) in [4.78, 5) is 29.8. The minimum Gasteiger partial charge on any atom is -0.382 e. The molecule has 1 aliphatic heterocycles. The molecule has 1 fully saturated rings. The number of nitrogens with zero attached hydrogens (tertiary/aromatic N) is 2. The van der Waals surface area contributed by atoms with Crippen LogP contribution in [0.3, 0.4) is 0 Å². The summed E-state index contributed by atoms with van der Waals surface area (Å²) in [5.41, 5.74) is 7.84. The Balaban J connectivity index is 1.73. The van der Waals surface area contributed by atoms with Gasteiger partial charge in [-0.15, -0.1) is 0 Å². The highest BCUT2D eigenvalue weighted by atomic mass is 35.5. The number of nitrogens with two attached hydrogens (primary N) is 1. The molecular formula is C25H31Cl2FN4O3. The van der Waals surface area contributed by atoms with E-state index in [2.05, 4.69) is 5.32 Å². The molecule has 2 aromatic rings. The maximum absolute atomic E-state index is 13.2. The van der Waals surface area contributed by atoms with E-state index in [9.17, 15) is 14.0 Å². The van der Waals surface area contributed by atoms with Crippen LogP contribution in [0.5, 0.6) is 0 Å². The number of rotatable bonds is 9. The number of hydrogen-bond donors (Lipinski definition) is 2. The molecule has 1 heterocycles. The molecule has 3 atom stereocenters. The van der Waals surface area contributed by atoms with Gasteiger partial charge in [0.2, 0.25) is 11.8 Å². The van der Waals surface area contributed by atoms with Gasteiger partial charge in [0, 0.05) is 43.8 Å². The molecule has 3 N–H and O–H groups in total. The summed E-state index contributed by atoms with van der Waals surface area (Å²) < 4.78 is 18.6. The lowest BCUT2D eigenvalue weighted by molar-refractivity contribution is -0.141. The van der Waals surface area contributed by atoms with Crippen LogP contribution in [0.1, 0.15) is 11.1 Å². The highest BCUT2D eigenvalue weighted by Crippen LogP contribution is 2.25. The van der Waals surface area contributed by atoms with E-state index in [1.807, 2.05) is 11.0 Å². The molecule has 0 aliphatic carbocycles. The molecule has 35 heavy (non-hydrogen) atoms. The van der Waals surface area contributed by atoms with E-state index in [4.69, 9.17) is 33.7 Å². The molecular weight excluding hydrogens is 494 g/mol. The topological polar surface area (TPSA) is 87.9 Å². The van der Waals surface area contributed by atoms with E-state index in [0.717, 1.165) is 11.1 Å². The van der Waals surface area contributed by atoms with Gasteiger partial charge in [0.25, 0.3) is 0 Å². The third kappa shape index (κ3) is 7.15. The minimum absolute atomic E-state index is 0.139. The molecule has 1 saturated heterocycles. The number of carbonyl (C=O) groups is 2. The number of halogens is 3. The summed E-state index contributed by atoms with van der Waals surface area (Å²) >= 11 is 12.4. The maximum Gasteiger partial charge on any atom is 0.240 e. The number of hydrogen-bond acceptors (Lipinski definition) is 5. The molecule has 0 bridgehead atoms. The molecule has 190 valence electrons. The fourth-order valence-corrected chi connectivity index (χ4v) is 4.90. The summed E-state index contributed by atoms with van der Waals surface area (Å²) in [6.07, 6.45) is 0.697. The Hall–Kier alpha value is -2.23. The summed E-state index contributed by atoms with van der Waals surface area (Å²) in [5, 5.41) is 3.76. The molecule has 1 aliphatic rings. The molecule has 10 heteroatoms. The number of amides is 2. The van der Waals surface area contributed by atoms with Crippen LogP contribution in [0.25, 0.3) is 0 Å². The van der Waals surface area contributed by atoms with Crippen LogP contribution < -0.4 is 11.1 Å². The molecule has 3 unspecified atom stereocenters. The largest absolute Gasteiger partial charge is 0.382 e. The lowest BCUT2D eigenvalue weighted by atomic mass is 10.00. The van der Waals surface area contributed by atoms with Crippen LogP contribution in [0.4, 0.5) is 4.39 Å². The fraction of sp³-hybridized carbons (Fsp3) is 0.440. The van der Waals surface area contributed by atoms with E-state index in [1.54, 1.807) is 43.3 Å². The number of nitrogens with one attached hydrogen (secondary N) is 1. The zero-order chi connectivity index (χ0) is 25.5. The minimum atomic E-state index is -0.769. The van der Waals surface area contributed by atoms with Crippen molar-refractivity contribution in [3.8, 4) is 0 Å². The average molecular weight is 525 g/mol. The number of carbonyl (C=O) groups excluding carboxylic acids is 2. The highest BCUT2D eigenvalue weighted by Gasteiger charge is 2.37. The highest BCUT2D eigenvalue weighted by molar-refractivity contribution is 6.35. The van der Waals surface area contributed by atoms with Crippen LogP contribution in [-0.4, -0.2) is 80.1 Å². The van der Waals surface area contributed by atoms with Gasteiger partial charge in [0.1, 0.15) is 5.82 Å². The van der Waals surface area contributed by atoms with E-state index in [1.165, 1.54) is 12.1 Å². The lowest BCUT2D eigenvalue weighted by Gasteiger charge is -2.44. The van der Waals surface area contributed by atoms with Gasteiger partial charge in [0.15, 0.2) is 0 Å². The number of methoxy groups -OCH3 is 1. The number of benzene rings is 2. The Kier molecular flexibility index (Phi) is 9.89. The number of likely N-dealkylation sites (N-methyl/N-ethyl adjacent to an activating group) is 1. The van der Waals surface area contributed by atoms with E-state index in [0.29, 0.717) is 49.1 Å². The Bertz CT molecular complexity index is 1020. The Morgan fingerprint density at radius 2 is 1.89 bits per heavy atom. The van der Waals surface area contributed by atoms with Crippen molar-refractivity contribution in [2.24, 2.45) is 5.73 Å². The molecule has 7 nitrogen and oxygen atoms in total. The van der Waals surface area contributed by atoms with Crippen LogP contribution in [0.15, 0.2) is 42.5 Å². The van der Waals surface area contributed by atoms with Crippen molar-refractivity contribution in [1.82, 2.24) is 15.1 Å². The molecule has 0 radical (unpaired) electrons. The van der Waals surface area contributed by atoms with Gasteiger partial charge < -0.3 is 20.7 Å². The molecule has 0 spiro atoms. The third-order valence-corrected chi connectivity index (χ3v) is 6.85. The van der Waals surface area contributed by atoms with Crippen LogP contribution in [0.2, 0.25) is 10.0 Å². The second kappa shape index (κ2) is 12.6. The second-order valence-electron chi connectivity index (χ2n) is 8.64. The Labute approximate surface area is 215 Å². The summed E-state index contributed by atoms with van der Waals surface area (Å²) in [7, 11) is 3.17. The fourth-order valence-electron chi connectivity index (χ4n) is 4.41. The van der Waals surface area contributed by atoms with Crippen molar-refractivity contribution in [1.29, 1.82) is 0 Å². The standard InChI is InChI=1S/C25H31Cl2FN4O3/c1-30-24(33)23(12-17-5-6-18(26)13-21(17)27)31-9-10-32(20(14-31)15-35-2)25(34)22(29)11-16-3-7-19(28)8-4-16/h3-8,13,20,22-23H,9-12,14-15,29H2,1-2H3,(H,30,33). The van der Waals surface area contributed by atoms with Gasteiger partial charge >= 0.3 is 0 Å². The van der Waals surface area contributed by atoms with Gasteiger partial charge in [-0.3, -0.25) is 14.5 Å². The average Bonchev–Trinajstić information content (AvgIpc) is 2.84. The smallest absolute Gasteiger partial charge is 0.240 e. The second-order valence-corrected chi connectivity index (χ2v) is 9.49. The SMILES string of the molecule is CNC(=O)C(Cc1ccc(Cl)cc1Cl)N1CCN(C(=O)C(N)Cc2ccc(F)cc2)C(COC)C1. The van der Waals surface area contributed by atoms with Crippen molar-refractivity contribution in [3.05, 3.63) is 69.5 Å². The number of ether oxygens (including phenoxy) is 1. The predicted molar refractivity (Wildman–Crippen MR) is 135 cm³/mol. The van der Waals surface area contributed by atoms with Crippen molar-refractivity contribution in [3.63, 3.8) is 0 Å². The predicted octanol–water partition coefficient (Wildman–Crippen LogP) is 2.52. The normalized spacial score (nSPS) is 18.2. The quantitative estimate of drug-likeness (QED) is 0.526. The molecule has 0 saturated carbocycles. The van der Waals surface area contributed by atoms with Crippen molar-refractivity contribution in [2.45, 2.75) is 31.0 Å². The zero-order valence-corrected chi connectivity index (χ0v) is 21.4. The lowest BCUT2D eigenvalue weighted by Crippen LogP contribution is -2.63. The van der Waals surface area contributed by atoms with Gasteiger partial charge in [-0.05, 0) is 48.2 Å². The summed E-state index contributed by atoms with van der Waals surface area (Å²) in [6, 6.07) is 9.65. The molecule has 0 aromatic heterocycles. The Morgan fingerprint density at radius 3 is 2.51 bits per heavy atom. The first-order valence-corrected chi connectivity index (χ1v) is 12.2. The zero-order valence-electron chi connectivity index (χ0n) is 19.8. The first-order valence-electron chi connectivity index (χ1n) is 11.4. The molecule has 2 amide bonds. The first-order chi connectivity index (χ1) is 16.7. The maximum atomic E-state index is 13.2. The van der Waals surface area contributed by atoms with Crippen molar-refractivity contribution in [2.75, 3.05) is 40.4 Å². The summed E-state index contributed by atoms with van der Waals surface area (Å²) in [5.74, 6) is -0.677. The third-order valence-electron chi connectivity index (χ3n) is 6.26. The number of piperazine rings is 1. The van der Waals surface area contributed by atoms with Gasteiger partial charge in [-0.25, -0.2) is 4.39 Å². The van der Waals surface area contributed by atoms with Crippen LogP contribution in [-0.2, 0) is 27.2 Å². The van der Waals surface area contributed by atoms with Crippen molar-refractivity contribution >= 4 is 35.0 Å². The molecule has 3 rings (SSSR count). The summed E-state index contributed by atoms with van der Waals surface area (Å²) in [6.45, 7) is 1.62. The van der Waals surface area contributed by atoms with E-state index < -0.39 is 12.1 Å². The first kappa shape index (κ1) is 27.4. The van der Waals surface area contributed by atoms with E-state index >= 15 is 0 Å². The van der Waals surface area contributed by atoms with Gasteiger partial charge in [0.05, 0.1) is 24.7 Å². The van der Waals surface area contributed by atoms with Crippen LogP contribution in [0, 0.1) is 5.82 Å². The Morgan fingerprint density at radius 1 is 1.17 bits per heavy atom. The van der Waals surface area contributed by atoms with Gasteiger partial charge in [-0.2, -0.15) is 0 Å². The molecule has 2 aromatic carbocycles. The monoisotopic (exact) mass is 524 g/mol. The van der Waals surface area contributed by atoms with E-state index in [-0.39, 0.29) is 23.7 Å². The van der Waals surface area contributed by atoms with Crippen molar-refractivity contribution < 1.29 is 18.7 Å².